The Morgan fingerprint density at radius 3 is 2.84 bits per heavy atom. The molecule has 1 heterocycles. The van der Waals surface area contributed by atoms with Crippen LogP contribution in [0.15, 0.2) is 29.5 Å². The second-order valence-corrected chi connectivity index (χ2v) is 6.99. The van der Waals surface area contributed by atoms with Gasteiger partial charge in [0.25, 0.3) is 0 Å². The molecule has 2 aliphatic rings. The molecule has 0 bridgehead atoms. The van der Waals surface area contributed by atoms with Crippen molar-refractivity contribution in [1.82, 2.24) is 0 Å². The molecule has 1 unspecified atom stereocenters. The standard InChI is InChI=1S/C18H18Cl2O5/c1-2-24-17(22)18(23)9-12(11-7-6-10(19)8-13(11)20)16-14(21)4-3-5-15(16)25-18/h6-8,12,23H,2-5,9H2,1H3/t12-,18?/m0/s1. The molecule has 1 aliphatic carbocycles. The fourth-order valence-corrected chi connectivity index (χ4v) is 3.91. The zero-order chi connectivity index (χ0) is 18.2. The van der Waals surface area contributed by atoms with Crippen molar-refractivity contribution in [2.75, 3.05) is 6.61 Å². The molecule has 0 radical (unpaired) electrons. The van der Waals surface area contributed by atoms with Crippen molar-refractivity contribution in [3.05, 3.63) is 45.1 Å². The number of hydrogen-bond acceptors (Lipinski definition) is 5. The third-order valence-electron chi connectivity index (χ3n) is 4.46. The number of hydrogen-bond donors (Lipinski definition) is 1. The summed E-state index contributed by atoms with van der Waals surface area (Å²) in [6.45, 7) is 1.76. The number of rotatable bonds is 3. The van der Waals surface area contributed by atoms with Gasteiger partial charge in [0.1, 0.15) is 5.76 Å². The Labute approximate surface area is 155 Å². The maximum Gasteiger partial charge on any atom is 0.379 e. The summed E-state index contributed by atoms with van der Waals surface area (Å²) < 4.78 is 10.5. The van der Waals surface area contributed by atoms with Crippen molar-refractivity contribution in [1.29, 1.82) is 0 Å². The number of benzene rings is 1. The smallest absolute Gasteiger partial charge is 0.379 e. The van der Waals surface area contributed by atoms with Gasteiger partial charge in [-0.25, -0.2) is 4.79 Å². The van der Waals surface area contributed by atoms with Crippen LogP contribution in [-0.2, 0) is 19.1 Å². The van der Waals surface area contributed by atoms with Crippen LogP contribution < -0.4 is 0 Å². The second-order valence-electron chi connectivity index (χ2n) is 6.14. The van der Waals surface area contributed by atoms with Crippen LogP contribution in [0.2, 0.25) is 10.0 Å². The summed E-state index contributed by atoms with van der Waals surface area (Å²) in [5.41, 5.74) is 1.10. The number of Topliss-reactive ketones (excluding diaryl/α,β-unsaturated/α-hetero) is 1. The van der Waals surface area contributed by atoms with Gasteiger partial charge in [0.2, 0.25) is 0 Å². The molecule has 0 saturated heterocycles. The predicted molar refractivity (Wildman–Crippen MR) is 92.4 cm³/mol. The Hall–Kier alpha value is -1.56. The van der Waals surface area contributed by atoms with Crippen LogP contribution in [-0.4, -0.2) is 29.3 Å². The van der Waals surface area contributed by atoms with Crippen LogP contribution in [0.25, 0.3) is 0 Å². The normalized spacial score (nSPS) is 26.1. The summed E-state index contributed by atoms with van der Waals surface area (Å²) in [6, 6.07) is 4.94. The molecule has 0 saturated carbocycles. The van der Waals surface area contributed by atoms with Gasteiger partial charge in [-0.15, -0.1) is 0 Å². The Morgan fingerprint density at radius 2 is 2.16 bits per heavy atom. The molecule has 134 valence electrons. The number of aliphatic hydroxyl groups is 1. The van der Waals surface area contributed by atoms with Gasteiger partial charge in [-0.05, 0) is 31.0 Å². The first-order chi connectivity index (χ1) is 11.9. The quantitative estimate of drug-likeness (QED) is 0.803. The van der Waals surface area contributed by atoms with Gasteiger partial charge in [-0.1, -0.05) is 29.3 Å². The van der Waals surface area contributed by atoms with E-state index in [1.807, 2.05) is 0 Å². The molecule has 25 heavy (non-hydrogen) atoms. The maximum atomic E-state index is 12.5. The number of esters is 1. The van der Waals surface area contributed by atoms with E-state index in [9.17, 15) is 14.7 Å². The summed E-state index contributed by atoms with van der Waals surface area (Å²) >= 11 is 12.3. The average molecular weight is 385 g/mol. The van der Waals surface area contributed by atoms with Crippen molar-refractivity contribution in [3.63, 3.8) is 0 Å². The fraction of sp³-hybridized carbons (Fsp3) is 0.444. The molecule has 1 aliphatic heterocycles. The maximum absolute atomic E-state index is 12.5. The van der Waals surface area contributed by atoms with E-state index in [2.05, 4.69) is 0 Å². The van der Waals surface area contributed by atoms with E-state index in [0.717, 1.165) is 0 Å². The van der Waals surface area contributed by atoms with Gasteiger partial charge in [0, 0.05) is 40.8 Å². The fourth-order valence-electron chi connectivity index (χ4n) is 3.37. The van der Waals surface area contributed by atoms with Crippen LogP contribution in [0, 0.1) is 0 Å². The monoisotopic (exact) mass is 384 g/mol. The minimum absolute atomic E-state index is 0.0526. The predicted octanol–water partition coefficient (Wildman–Crippen LogP) is 3.76. The Morgan fingerprint density at radius 1 is 1.40 bits per heavy atom. The Kier molecular flexibility index (Phi) is 5.09. The molecule has 0 spiro atoms. The lowest BCUT2D eigenvalue weighted by atomic mass is 9.77. The first kappa shape index (κ1) is 18.2. The molecule has 1 aromatic carbocycles. The first-order valence-corrected chi connectivity index (χ1v) is 8.91. The first-order valence-electron chi connectivity index (χ1n) is 8.15. The average Bonchev–Trinajstić information content (AvgIpc) is 2.54. The van der Waals surface area contributed by atoms with Crippen molar-refractivity contribution in [2.45, 2.75) is 44.3 Å². The van der Waals surface area contributed by atoms with Crippen molar-refractivity contribution >= 4 is 35.0 Å². The van der Waals surface area contributed by atoms with Gasteiger partial charge < -0.3 is 14.6 Å². The minimum atomic E-state index is -2.14. The molecular weight excluding hydrogens is 367 g/mol. The molecule has 7 heteroatoms. The lowest BCUT2D eigenvalue weighted by Gasteiger charge is -2.39. The molecule has 2 atom stereocenters. The van der Waals surface area contributed by atoms with Crippen molar-refractivity contribution in [3.8, 4) is 0 Å². The largest absolute Gasteiger partial charge is 0.461 e. The lowest BCUT2D eigenvalue weighted by molar-refractivity contribution is -0.224. The number of ketones is 1. The lowest BCUT2D eigenvalue weighted by Crippen LogP contribution is -2.48. The number of halogens is 2. The molecule has 1 N–H and O–H groups in total. The van der Waals surface area contributed by atoms with Crippen LogP contribution in [0.5, 0.6) is 0 Å². The summed E-state index contributed by atoms with van der Waals surface area (Å²) in [4.78, 5) is 24.7. The third kappa shape index (κ3) is 3.41. The molecule has 1 aromatic rings. The van der Waals surface area contributed by atoms with Crippen LogP contribution in [0.1, 0.15) is 44.1 Å². The number of allylic oxidation sites excluding steroid dienone is 2. The van der Waals surface area contributed by atoms with Gasteiger partial charge in [-0.2, -0.15) is 0 Å². The van der Waals surface area contributed by atoms with E-state index in [4.69, 9.17) is 32.7 Å². The van der Waals surface area contributed by atoms with Gasteiger partial charge in [0.15, 0.2) is 5.78 Å². The number of ether oxygens (including phenoxy) is 2. The van der Waals surface area contributed by atoms with E-state index in [-0.39, 0.29) is 18.8 Å². The Bertz CT molecular complexity index is 758. The topological polar surface area (TPSA) is 72.8 Å². The SMILES string of the molecule is CCOC(=O)C1(O)C[C@@H](c2ccc(Cl)cc2Cl)C2=C(CCCC2=O)O1. The summed E-state index contributed by atoms with van der Waals surface area (Å²) in [5, 5.41) is 11.6. The van der Waals surface area contributed by atoms with Crippen molar-refractivity contribution in [2.24, 2.45) is 0 Å². The number of carbonyl (C=O) groups is 2. The summed E-state index contributed by atoms with van der Waals surface area (Å²) in [7, 11) is 0. The van der Waals surface area contributed by atoms with Gasteiger partial charge in [0.05, 0.1) is 6.61 Å². The zero-order valence-electron chi connectivity index (χ0n) is 13.7. The number of carbonyl (C=O) groups excluding carboxylic acids is 2. The molecule has 0 aromatic heterocycles. The highest BCUT2D eigenvalue weighted by Gasteiger charge is 2.50. The highest BCUT2D eigenvalue weighted by atomic mass is 35.5. The summed E-state index contributed by atoms with van der Waals surface area (Å²) in [5.74, 6) is -3.28. The van der Waals surface area contributed by atoms with Crippen LogP contribution >= 0.6 is 23.2 Å². The van der Waals surface area contributed by atoms with Gasteiger partial charge >= 0.3 is 11.8 Å². The van der Waals surface area contributed by atoms with Crippen LogP contribution in [0.4, 0.5) is 0 Å². The molecular formula is C18H18Cl2O5. The third-order valence-corrected chi connectivity index (χ3v) is 5.02. The van der Waals surface area contributed by atoms with E-state index >= 15 is 0 Å². The zero-order valence-corrected chi connectivity index (χ0v) is 15.2. The highest BCUT2D eigenvalue weighted by molar-refractivity contribution is 6.35. The van der Waals surface area contributed by atoms with E-state index in [0.29, 0.717) is 46.2 Å². The molecule has 3 rings (SSSR count). The molecule has 0 fully saturated rings. The van der Waals surface area contributed by atoms with E-state index in [1.165, 1.54) is 0 Å². The highest BCUT2D eigenvalue weighted by Crippen LogP contribution is 2.47. The second kappa shape index (κ2) is 6.98. The van der Waals surface area contributed by atoms with E-state index in [1.54, 1.807) is 25.1 Å². The minimum Gasteiger partial charge on any atom is -0.461 e. The van der Waals surface area contributed by atoms with Crippen LogP contribution in [0.3, 0.4) is 0 Å². The van der Waals surface area contributed by atoms with Gasteiger partial charge in [-0.3, -0.25) is 4.79 Å². The molecule has 0 amide bonds. The molecule has 5 nitrogen and oxygen atoms in total. The van der Waals surface area contributed by atoms with Crippen molar-refractivity contribution < 1.29 is 24.2 Å². The Balaban J connectivity index is 2.09. The van der Waals surface area contributed by atoms with E-state index < -0.39 is 17.7 Å². The summed E-state index contributed by atoms with van der Waals surface area (Å²) in [6.07, 6.45) is 1.35.